The molecule has 0 spiro atoms. The molecular formula is C28H31ClFN3O4S. The van der Waals surface area contributed by atoms with E-state index in [0.29, 0.717) is 23.6 Å². The molecule has 10 heteroatoms. The average molecular weight is 560 g/mol. The van der Waals surface area contributed by atoms with Crippen LogP contribution in [0.4, 0.5) is 10.1 Å². The van der Waals surface area contributed by atoms with Gasteiger partial charge in [0.15, 0.2) is 0 Å². The Kier molecular flexibility index (Phi) is 10.3. The maximum Gasteiger partial charge on any atom is 0.264 e. The summed E-state index contributed by atoms with van der Waals surface area (Å²) in [5.41, 5.74) is 0.878. The summed E-state index contributed by atoms with van der Waals surface area (Å²) in [7, 11) is -4.25. The molecule has 3 aromatic rings. The van der Waals surface area contributed by atoms with Gasteiger partial charge in [0, 0.05) is 18.1 Å². The van der Waals surface area contributed by atoms with E-state index < -0.39 is 34.3 Å². The number of sulfonamides is 1. The number of anilines is 1. The van der Waals surface area contributed by atoms with Crippen LogP contribution in [0.5, 0.6) is 0 Å². The van der Waals surface area contributed by atoms with Gasteiger partial charge in [-0.3, -0.25) is 13.9 Å². The second-order valence-corrected chi connectivity index (χ2v) is 10.9. The minimum Gasteiger partial charge on any atom is -0.354 e. The van der Waals surface area contributed by atoms with Crippen LogP contribution in [-0.2, 0) is 26.2 Å². The maximum absolute atomic E-state index is 13.9. The van der Waals surface area contributed by atoms with Crippen LogP contribution < -0.4 is 9.62 Å². The van der Waals surface area contributed by atoms with Crippen LogP contribution in [0, 0.1) is 5.82 Å². The van der Waals surface area contributed by atoms with E-state index in [2.05, 4.69) is 5.32 Å². The first kappa shape index (κ1) is 29.1. The lowest BCUT2D eigenvalue weighted by Gasteiger charge is -2.33. The van der Waals surface area contributed by atoms with E-state index in [9.17, 15) is 22.4 Å². The van der Waals surface area contributed by atoms with Gasteiger partial charge < -0.3 is 10.2 Å². The molecule has 7 nitrogen and oxygen atoms in total. The summed E-state index contributed by atoms with van der Waals surface area (Å²) in [6, 6.07) is 18.7. The molecule has 0 saturated carbocycles. The average Bonchev–Trinajstić information content (AvgIpc) is 2.92. The van der Waals surface area contributed by atoms with Crippen LogP contribution >= 0.6 is 11.6 Å². The molecule has 0 fully saturated rings. The third kappa shape index (κ3) is 7.11. The summed E-state index contributed by atoms with van der Waals surface area (Å²) in [5.74, 6) is -1.50. The number of benzene rings is 3. The number of hydrogen-bond acceptors (Lipinski definition) is 4. The number of nitrogens with one attached hydrogen (secondary N) is 1. The van der Waals surface area contributed by atoms with Gasteiger partial charge in [0.25, 0.3) is 10.0 Å². The molecule has 38 heavy (non-hydrogen) atoms. The van der Waals surface area contributed by atoms with Crippen molar-refractivity contribution in [2.45, 2.75) is 44.2 Å². The van der Waals surface area contributed by atoms with E-state index in [-0.39, 0.29) is 23.0 Å². The molecule has 1 atom stereocenters. The lowest BCUT2D eigenvalue weighted by atomic mass is 10.1. The van der Waals surface area contributed by atoms with E-state index >= 15 is 0 Å². The number of carbonyl (C=O) groups excluding carboxylic acids is 2. The smallest absolute Gasteiger partial charge is 0.264 e. The van der Waals surface area contributed by atoms with E-state index in [1.54, 1.807) is 61.5 Å². The van der Waals surface area contributed by atoms with Gasteiger partial charge in [0.2, 0.25) is 11.8 Å². The maximum atomic E-state index is 13.9. The van der Waals surface area contributed by atoms with E-state index in [1.807, 2.05) is 6.92 Å². The zero-order chi connectivity index (χ0) is 27.7. The molecule has 3 rings (SSSR count). The van der Waals surface area contributed by atoms with Crippen molar-refractivity contribution in [2.24, 2.45) is 0 Å². The quantitative estimate of drug-likeness (QED) is 0.338. The number of carbonyl (C=O) groups is 2. The topological polar surface area (TPSA) is 86.8 Å². The molecule has 0 unspecified atom stereocenters. The zero-order valence-corrected chi connectivity index (χ0v) is 22.9. The molecule has 202 valence electrons. The predicted octanol–water partition coefficient (Wildman–Crippen LogP) is 5.01. The number of amides is 2. The lowest BCUT2D eigenvalue weighted by molar-refractivity contribution is -0.140. The molecule has 0 aliphatic carbocycles. The van der Waals surface area contributed by atoms with Crippen molar-refractivity contribution in [1.82, 2.24) is 10.2 Å². The van der Waals surface area contributed by atoms with Crippen molar-refractivity contribution >= 4 is 39.1 Å². The van der Waals surface area contributed by atoms with Gasteiger partial charge in [-0.15, -0.1) is 0 Å². The third-order valence-corrected chi connectivity index (χ3v) is 8.12. The van der Waals surface area contributed by atoms with Gasteiger partial charge in [-0.05, 0) is 60.9 Å². The van der Waals surface area contributed by atoms with Gasteiger partial charge in [-0.1, -0.05) is 61.8 Å². The molecular weight excluding hydrogens is 529 g/mol. The van der Waals surface area contributed by atoms with Gasteiger partial charge in [-0.25, -0.2) is 12.8 Å². The highest BCUT2D eigenvalue weighted by Crippen LogP contribution is 2.25. The summed E-state index contributed by atoms with van der Waals surface area (Å²) in [6.07, 6.45) is 1.03. The SMILES string of the molecule is CCCNC(=O)[C@H](CC)N(Cc1ccccc1Cl)C(=O)CN(c1ccccc1)S(=O)(=O)c1ccc(F)cc1. The van der Waals surface area contributed by atoms with Crippen molar-refractivity contribution < 1.29 is 22.4 Å². The number of para-hydroxylation sites is 1. The fraction of sp³-hybridized carbons (Fsp3) is 0.286. The highest BCUT2D eigenvalue weighted by molar-refractivity contribution is 7.92. The number of nitrogens with zero attached hydrogens (tertiary/aromatic N) is 2. The number of rotatable bonds is 12. The number of hydrogen-bond donors (Lipinski definition) is 1. The molecule has 0 aliphatic heterocycles. The predicted molar refractivity (Wildman–Crippen MR) is 147 cm³/mol. The first-order valence-electron chi connectivity index (χ1n) is 12.3. The van der Waals surface area contributed by atoms with Crippen molar-refractivity contribution in [3.8, 4) is 0 Å². The largest absolute Gasteiger partial charge is 0.354 e. The van der Waals surface area contributed by atoms with Crippen molar-refractivity contribution in [1.29, 1.82) is 0 Å². The standard InChI is InChI=1S/C28H31ClFN3O4S/c1-3-18-31-28(35)26(4-2)32(19-21-10-8-9-13-25(21)29)27(34)20-33(23-11-6-5-7-12-23)38(36,37)24-16-14-22(30)15-17-24/h5-17,26H,3-4,18-20H2,1-2H3,(H,31,35)/t26-/m0/s1. The molecule has 0 aliphatic rings. The second-order valence-electron chi connectivity index (χ2n) is 8.63. The molecule has 0 radical (unpaired) electrons. The number of halogens is 2. The Balaban J connectivity index is 2.03. The van der Waals surface area contributed by atoms with Crippen LogP contribution in [0.2, 0.25) is 5.02 Å². The van der Waals surface area contributed by atoms with Crippen LogP contribution in [0.15, 0.2) is 83.8 Å². The Labute approximate surface area is 228 Å². The van der Waals surface area contributed by atoms with Crippen LogP contribution in [-0.4, -0.2) is 44.3 Å². The third-order valence-electron chi connectivity index (χ3n) is 5.96. The van der Waals surface area contributed by atoms with Gasteiger partial charge in [0.05, 0.1) is 10.6 Å². The van der Waals surface area contributed by atoms with Crippen molar-refractivity contribution in [3.05, 3.63) is 95.3 Å². The fourth-order valence-electron chi connectivity index (χ4n) is 3.95. The molecule has 2 amide bonds. The normalized spacial score (nSPS) is 12.0. The van der Waals surface area contributed by atoms with Gasteiger partial charge in [0.1, 0.15) is 18.4 Å². The van der Waals surface area contributed by atoms with E-state index in [0.717, 1.165) is 35.0 Å². The van der Waals surface area contributed by atoms with Crippen LogP contribution in [0.3, 0.4) is 0 Å². The minimum atomic E-state index is -4.25. The highest BCUT2D eigenvalue weighted by atomic mass is 35.5. The monoisotopic (exact) mass is 559 g/mol. The zero-order valence-electron chi connectivity index (χ0n) is 21.3. The molecule has 0 heterocycles. The minimum absolute atomic E-state index is 0.00971. The van der Waals surface area contributed by atoms with Crippen molar-refractivity contribution in [3.63, 3.8) is 0 Å². The first-order valence-corrected chi connectivity index (χ1v) is 14.1. The van der Waals surface area contributed by atoms with Gasteiger partial charge >= 0.3 is 0 Å². The van der Waals surface area contributed by atoms with Crippen LogP contribution in [0.1, 0.15) is 32.3 Å². The highest BCUT2D eigenvalue weighted by Gasteiger charge is 2.33. The summed E-state index contributed by atoms with van der Waals surface area (Å²) >= 11 is 6.38. The molecule has 1 N–H and O–H groups in total. The van der Waals surface area contributed by atoms with Crippen LogP contribution in [0.25, 0.3) is 0 Å². The van der Waals surface area contributed by atoms with E-state index in [4.69, 9.17) is 11.6 Å². The Bertz CT molecular complexity index is 1340. The lowest BCUT2D eigenvalue weighted by Crippen LogP contribution is -2.52. The summed E-state index contributed by atoms with van der Waals surface area (Å²) < 4.78 is 41.8. The second kappa shape index (κ2) is 13.4. The summed E-state index contributed by atoms with van der Waals surface area (Å²) in [6.45, 7) is 3.58. The Hall–Kier alpha value is -3.43. The van der Waals surface area contributed by atoms with E-state index in [1.165, 1.54) is 4.90 Å². The first-order chi connectivity index (χ1) is 18.2. The fourth-order valence-corrected chi connectivity index (χ4v) is 5.56. The summed E-state index contributed by atoms with van der Waals surface area (Å²) in [5, 5.41) is 3.26. The Morgan fingerprint density at radius 2 is 1.58 bits per heavy atom. The molecule has 0 saturated heterocycles. The molecule has 0 aromatic heterocycles. The Morgan fingerprint density at radius 1 is 0.947 bits per heavy atom. The van der Waals surface area contributed by atoms with Crippen molar-refractivity contribution in [2.75, 3.05) is 17.4 Å². The molecule has 0 bridgehead atoms. The molecule has 3 aromatic carbocycles. The summed E-state index contributed by atoms with van der Waals surface area (Å²) in [4.78, 5) is 28.1. The van der Waals surface area contributed by atoms with Gasteiger partial charge in [-0.2, -0.15) is 0 Å². The Morgan fingerprint density at radius 3 is 2.18 bits per heavy atom.